The molecule has 2 aromatic rings. The average molecular weight is 550 g/mol. The first kappa shape index (κ1) is 27.3. The number of nitrogens with one attached hydrogen (secondary N) is 1. The van der Waals surface area contributed by atoms with E-state index in [4.69, 9.17) is 4.74 Å². The Bertz CT molecular complexity index is 1150. The molecule has 1 aromatic heterocycles. The van der Waals surface area contributed by atoms with Crippen LogP contribution < -0.4 is 14.8 Å². The number of carbonyl (C=O) groups is 2. The van der Waals surface area contributed by atoms with Crippen molar-refractivity contribution in [2.45, 2.75) is 51.1 Å². The maximum atomic E-state index is 13.1. The molecular weight excluding hydrogens is 515 g/mol. The Balaban J connectivity index is 1.18. The number of hydrogen-bond donors (Lipinski definition) is 1. The van der Waals surface area contributed by atoms with Crippen LogP contribution in [0.4, 0.5) is 18.0 Å². The van der Waals surface area contributed by atoms with Crippen molar-refractivity contribution in [2.75, 3.05) is 26.2 Å². The smallest absolute Gasteiger partial charge is 0.406 e. The van der Waals surface area contributed by atoms with E-state index in [1.54, 1.807) is 23.9 Å². The minimum atomic E-state index is -4.80. The number of piperidine rings is 1. The molecule has 0 spiro atoms. The lowest BCUT2D eigenvalue weighted by molar-refractivity contribution is -0.274. The number of carbonyl (C=O) groups excluding carboxylic acids is 2. The third-order valence-electron chi connectivity index (χ3n) is 7.85. The minimum absolute atomic E-state index is 0.0597. The molecule has 2 unspecified atom stereocenters. The Morgan fingerprint density at radius 3 is 2.56 bits per heavy atom. The highest BCUT2D eigenvalue weighted by Crippen LogP contribution is 2.52. The highest BCUT2D eigenvalue weighted by Gasteiger charge is 2.56. The minimum Gasteiger partial charge on any atom is -0.406 e. The number of likely N-dealkylation sites (tertiary alicyclic amines) is 1. The van der Waals surface area contributed by atoms with Crippen molar-refractivity contribution in [2.24, 2.45) is 24.8 Å². The number of alkyl halides is 3. The lowest BCUT2D eigenvalue weighted by atomic mass is 9.95. The number of amides is 2. The predicted octanol–water partition coefficient (Wildman–Crippen LogP) is 3.95. The summed E-state index contributed by atoms with van der Waals surface area (Å²) in [4.78, 5) is 33.3. The molecule has 2 saturated carbocycles. The highest BCUT2D eigenvalue weighted by molar-refractivity contribution is 5.78. The number of imidazole rings is 1. The van der Waals surface area contributed by atoms with Crippen molar-refractivity contribution < 1.29 is 32.2 Å². The van der Waals surface area contributed by atoms with E-state index in [9.17, 15) is 22.8 Å². The van der Waals surface area contributed by atoms with Crippen LogP contribution in [0.25, 0.3) is 0 Å². The van der Waals surface area contributed by atoms with E-state index >= 15 is 0 Å². The number of fused-ring (bicyclic) bond motifs is 1. The van der Waals surface area contributed by atoms with E-state index in [-0.39, 0.29) is 36.0 Å². The van der Waals surface area contributed by atoms with Gasteiger partial charge in [0, 0.05) is 39.3 Å². The molecule has 3 fully saturated rings. The van der Waals surface area contributed by atoms with Crippen molar-refractivity contribution in [3.8, 4) is 11.6 Å². The third-order valence-corrected chi connectivity index (χ3v) is 7.85. The van der Waals surface area contributed by atoms with Crippen LogP contribution in [0, 0.1) is 17.8 Å². The number of ether oxygens (including phenoxy) is 2. The van der Waals surface area contributed by atoms with Crippen molar-refractivity contribution in [3.63, 3.8) is 0 Å². The maximum absolute atomic E-state index is 13.1. The number of nitrogens with zero attached hydrogens (tertiary/aromatic N) is 4. The number of aromatic nitrogens is 2. The van der Waals surface area contributed by atoms with Gasteiger partial charge in [0.1, 0.15) is 5.75 Å². The van der Waals surface area contributed by atoms with E-state index in [0.717, 1.165) is 25.9 Å². The lowest BCUT2D eigenvalue weighted by Crippen LogP contribution is -2.43. The number of benzene rings is 1. The third kappa shape index (κ3) is 7.43. The zero-order valence-corrected chi connectivity index (χ0v) is 21.9. The Morgan fingerprint density at radius 1 is 1.15 bits per heavy atom. The summed E-state index contributed by atoms with van der Waals surface area (Å²) < 4.78 is 49.3. The van der Waals surface area contributed by atoms with Gasteiger partial charge in [-0.2, -0.15) is 0 Å². The molecule has 1 N–H and O–H groups in total. The van der Waals surface area contributed by atoms with Crippen molar-refractivity contribution in [1.82, 2.24) is 24.7 Å². The van der Waals surface area contributed by atoms with E-state index < -0.39 is 12.5 Å². The number of rotatable bonds is 9. The molecule has 12 heteroatoms. The molecule has 2 atom stereocenters. The van der Waals surface area contributed by atoms with Crippen molar-refractivity contribution in [3.05, 3.63) is 42.4 Å². The normalized spacial score (nSPS) is 23.2. The van der Waals surface area contributed by atoms with Crippen LogP contribution in [0.1, 0.15) is 37.7 Å². The number of hydrogen-bond acceptors (Lipinski definition) is 6. The molecule has 2 aliphatic carbocycles. The molecular formula is C27H34F3N5O4. The van der Waals surface area contributed by atoms with Crippen molar-refractivity contribution >= 4 is 12.0 Å². The van der Waals surface area contributed by atoms with Gasteiger partial charge in [0.05, 0.1) is 19.1 Å². The van der Waals surface area contributed by atoms with Gasteiger partial charge in [-0.25, -0.2) is 9.78 Å². The fourth-order valence-electron chi connectivity index (χ4n) is 5.98. The summed E-state index contributed by atoms with van der Waals surface area (Å²) in [5, 5.41) is 3.17. The molecule has 1 aromatic carbocycles. The second-order valence-corrected chi connectivity index (χ2v) is 10.9. The zero-order valence-electron chi connectivity index (χ0n) is 21.9. The second kappa shape index (κ2) is 11.4. The van der Waals surface area contributed by atoms with E-state index in [1.807, 2.05) is 0 Å². The van der Waals surface area contributed by atoms with Gasteiger partial charge in [-0.3, -0.25) is 9.69 Å². The lowest BCUT2D eigenvalue weighted by Gasteiger charge is -2.26. The molecule has 0 bridgehead atoms. The van der Waals surface area contributed by atoms with Crippen LogP contribution in [-0.4, -0.2) is 69.9 Å². The van der Waals surface area contributed by atoms with Crippen LogP contribution in [0.2, 0.25) is 0 Å². The predicted molar refractivity (Wildman–Crippen MR) is 135 cm³/mol. The topological polar surface area (TPSA) is 88.9 Å². The van der Waals surface area contributed by atoms with Gasteiger partial charge >= 0.3 is 12.5 Å². The van der Waals surface area contributed by atoms with Gasteiger partial charge in [0.25, 0.3) is 0 Å². The molecule has 9 nitrogen and oxygen atoms in total. The molecule has 3 aliphatic rings. The van der Waals surface area contributed by atoms with E-state index in [0.29, 0.717) is 30.5 Å². The average Bonchev–Trinajstić information content (AvgIpc) is 3.16. The Hall–Kier alpha value is -3.28. The second-order valence-electron chi connectivity index (χ2n) is 10.9. The highest BCUT2D eigenvalue weighted by atomic mass is 19.4. The molecule has 1 aliphatic heterocycles. The first-order valence-electron chi connectivity index (χ1n) is 13.4. The Morgan fingerprint density at radius 2 is 1.90 bits per heavy atom. The van der Waals surface area contributed by atoms with E-state index in [1.165, 1.54) is 48.7 Å². The van der Waals surface area contributed by atoms with E-state index in [2.05, 4.69) is 19.9 Å². The fourth-order valence-corrected chi connectivity index (χ4v) is 5.98. The van der Waals surface area contributed by atoms with Crippen LogP contribution in [0.5, 0.6) is 11.6 Å². The fraction of sp³-hybridized carbons (Fsp3) is 0.593. The number of halogens is 3. The summed E-state index contributed by atoms with van der Waals surface area (Å²) in [6.07, 6.45) is 3.32. The van der Waals surface area contributed by atoms with Crippen LogP contribution >= 0.6 is 0 Å². The maximum Gasteiger partial charge on any atom is 0.573 e. The van der Waals surface area contributed by atoms with Gasteiger partial charge in [0.2, 0.25) is 11.8 Å². The number of aryl methyl sites for hydroxylation is 1. The Labute approximate surface area is 225 Å². The zero-order chi connectivity index (χ0) is 27.6. The summed E-state index contributed by atoms with van der Waals surface area (Å²) in [7, 11) is 1.75. The van der Waals surface area contributed by atoms with Crippen LogP contribution in [0.3, 0.4) is 0 Å². The van der Waals surface area contributed by atoms with Crippen LogP contribution in [0.15, 0.2) is 36.8 Å². The summed E-state index contributed by atoms with van der Waals surface area (Å²) in [5.74, 6) is 0.821. The molecule has 5 rings (SSSR count). The molecule has 212 valence electrons. The first-order valence-corrected chi connectivity index (χ1v) is 13.4. The van der Waals surface area contributed by atoms with Crippen LogP contribution in [-0.2, 0) is 18.4 Å². The van der Waals surface area contributed by atoms with Gasteiger partial charge in [-0.15, -0.1) is 13.2 Å². The molecule has 0 radical (unpaired) electrons. The van der Waals surface area contributed by atoms with Gasteiger partial charge in [0.15, 0.2) is 0 Å². The summed E-state index contributed by atoms with van der Waals surface area (Å²) in [5.41, 5.74) is 0.488. The van der Waals surface area contributed by atoms with Gasteiger partial charge in [-0.05, 0) is 48.3 Å². The van der Waals surface area contributed by atoms with Crippen molar-refractivity contribution in [1.29, 1.82) is 0 Å². The summed E-state index contributed by atoms with van der Waals surface area (Å²) >= 11 is 0. The van der Waals surface area contributed by atoms with Gasteiger partial charge < -0.3 is 24.3 Å². The van der Waals surface area contributed by atoms with Gasteiger partial charge in [-0.1, -0.05) is 31.4 Å². The summed E-state index contributed by atoms with van der Waals surface area (Å²) in [6, 6.07) is 5.88. The molecule has 2 amide bonds. The Kier molecular flexibility index (Phi) is 8.01. The molecule has 1 saturated heterocycles. The quantitative estimate of drug-likeness (QED) is 0.510. The standard InChI is InChI=1S/C27H34F3N5O4/c1-33-16-25(31-17-33)38-26(37)35(11-18-6-5-9-20(10-18)39-27(28,29)30)14-23-21-12-34(13-22(21)23)15-24(36)32-19-7-3-2-4-8-19/h5-6,9-10,16-17,19,21-23H,2-4,7-8,11-15H2,1H3,(H,32,36). The first-order chi connectivity index (χ1) is 18.6. The SMILES string of the molecule is Cn1cnc(OC(=O)N(Cc2cccc(OC(F)(F)F)c2)CC2C3CN(CC(=O)NC4CCCCC4)CC32)c1. The molecule has 2 heterocycles. The monoisotopic (exact) mass is 549 g/mol. The largest absolute Gasteiger partial charge is 0.573 e. The summed E-state index contributed by atoms with van der Waals surface area (Å²) in [6.45, 7) is 2.40. The molecule has 39 heavy (non-hydrogen) atoms.